The average Bonchev–Trinajstić information content (AvgIpc) is 3.06. The molecule has 0 spiro atoms. The quantitative estimate of drug-likeness (QED) is 0.913. The standard InChI is InChI=1S/C17H21N3O3/c1-22-14-5-3-4-12(16(14)23-2)10-19-17(21)13-6-7-15-18-8-9-20(15)11-13/h3-5,8-9,13H,6-7,10-11H2,1-2H3,(H,19,21)/t13-/m1/s1. The van der Waals surface area contributed by atoms with Crippen molar-refractivity contribution in [3.8, 4) is 11.5 Å². The van der Waals surface area contributed by atoms with Gasteiger partial charge in [0, 0.05) is 37.5 Å². The van der Waals surface area contributed by atoms with Crippen molar-refractivity contribution in [2.24, 2.45) is 5.92 Å². The fourth-order valence-electron chi connectivity index (χ4n) is 3.00. The number of aryl methyl sites for hydroxylation is 1. The van der Waals surface area contributed by atoms with Crippen LogP contribution in [-0.4, -0.2) is 29.7 Å². The Balaban J connectivity index is 1.64. The third-order valence-corrected chi connectivity index (χ3v) is 4.24. The molecule has 6 heteroatoms. The summed E-state index contributed by atoms with van der Waals surface area (Å²) in [6.07, 6.45) is 5.39. The lowest BCUT2D eigenvalue weighted by molar-refractivity contribution is -0.126. The molecule has 0 bridgehead atoms. The van der Waals surface area contributed by atoms with Crippen molar-refractivity contribution >= 4 is 5.91 Å². The van der Waals surface area contributed by atoms with E-state index in [0.29, 0.717) is 24.6 Å². The van der Waals surface area contributed by atoms with E-state index in [1.54, 1.807) is 20.4 Å². The van der Waals surface area contributed by atoms with Crippen LogP contribution < -0.4 is 14.8 Å². The second kappa shape index (κ2) is 6.73. The third kappa shape index (κ3) is 3.16. The number of ether oxygens (including phenoxy) is 2. The highest BCUT2D eigenvalue weighted by atomic mass is 16.5. The summed E-state index contributed by atoms with van der Waals surface area (Å²) in [6.45, 7) is 1.11. The number of carbonyl (C=O) groups is 1. The van der Waals surface area contributed by atoms with Crippen LogP contribution in [0, 0.1) is 5.92 Å². The van der Waals surface area contributed by atoms with E-state index < -0.39 is 0 Å². The number of nitrogens with zero attached hydrogens (tertiary/aromatic N) is 2. The Hall–Kier alpha value is -2.50. The van der Waals surface area contributed by atoms with Crippen LogP contribution in [0.15, 0.2) is 30.6 Å². The molecule has 3 rings (SSSR count). The first-order valence-electron chi connectivity index (χ1n) is 7.70. The van der Waals surface area contributed by atoms with Gasteiger partial charge in [-0.1, -0.05) is 12.1 Å². The molecule has 0 aliphatic carbocycles. The van der Waals surface area contributed by atoms with Crippen molar-refractivity contribution in [1.82, 2.24) is 14.9 Å². The summed E-state index contributed by atoms with van der Waals surface area (Å²) in [7, 11) is 3.20. The molecular formula is C17H21N3O3. The van der Waals surface area contributed by atoms with Gasteiger partial charge in [0.2, 0.25) is 5.91 Å². The van der Waals surface area contributed by atoms with Crippen molar-refractivity contribution in [3.05, 3.63) is 42.0 Å². The molecule has 0 unspecified atom stereocenters. The van der Waals surface area contributed by atoms with Crippen LogP contribution in [0.25, 0.3) is 0 Å². The van der Waals surface area contributed by atoms with E-state index in [2.05, 4.69) is 14.9 Å². The number of hydrogen-bond donors (Lipinski definition) is 1. The second-order valence-corrected chi connectivity index (χ2v) is 5.60. The number of nitrogens with one attached hydrogen (secondary N) is 1. The van der Waals surface area contributed by atoms with Crippen LogP contribution in [0.2, 0.25) is 0 Å². The van der Waals surface area contributed by atoms with Gasteiger partial charge in [0.15, 0.2) is 11.5 Å². The number of benzene rings is 1. The van der Waals surface area contributed by atoms with Crippen LogP contribution in [0.1, 0.15) is 17.8 Å². The first-order valence-corrected chi connectivity index (χ1v) is 7.70. The van der Waals surface area contributed by atoms with Gasteiger partial charge in [-0.05, 0) is 12.5 Å². The number of hydrogen-bond acceptors (Lipinski definition) is 4. The minimum absolute atomic E-state index is 0.0201. The number of rotatable bonds is 5. The summed E-state index contributed by atoms with van der Waals surface area (Å²) >= 11 is 0. The average molecular weight is 315 g/mol. The molecule has 1 N–H and O–H groups in total. The lowest BCUT2D eigenvalue weighted by Gasteiger charge is -2.23. The Morgan fingerprint density at radius 3 is 3.04 bits per heavy atom. The molecule has 0 radical (unpaired) electrons. The molecule has 0 saturated carbocycles. The van der Waals surface area contributed by atoms with Gasteiger partial charge in [-0.15, -0.1) is 0 Å². The molecule has 6 nitrogen and oxygen atoms in total. The third-order valence-electron chi connectivity index (χ3n) is 4.24. The topological polar surface area (TPSA) is 65.4 Å². The van der Waals surface area contributed by atoms with E-state index in [4.69, 9.17) is 9.47 Å². The molecule has 23 heavy (non-hydrogen) atoms. The summed E-state index contributed by atoms with van der Waals surface area (Å²) < 4.78 is 12.7. The van der Waals surface area contributed by atoms with Crippen LogP contribution in [0.4, 0.5) is 0 Å². The van der Waals surface area contributed by atoms with Crippen LogP contribution in [0.5, 0.6) is 11.5 Å². The molecule has 2 heterocycles. The minimum Gasteiger partial charge on any atom is -0.493 e. The van der Waals surface area contributed by atoms with E-state index in [-0.39, 0.29) is 11.8 Å². The maximum absolute atomic E-state index is 12.4. The zero-order valence-corrected chi connectivity index (χ0v) is 13.4. The van der Waals surface area contributed by atoms with Gasteiger partial charge in [0.05, 0.1) is 20.1 Å². The van der Waals surface area contributed by atoms with Crippen LogP contribution in [0.3, 0.4) is 0 Å². The minimum atomic E-state index is -0.0201. The number of fused-ring (bicyclic) bond motifs is 1. The van der Waals surface area contributed by atoms with Gasteiger partial charge in [0.25, 0.3) is 0 Å². The van der Waals surface area contributed by atoms with Crippen molar-refractivity contribution in [3.63, 3.8) is 0 Å². The number of methoxy groups -OCH3 is 2. The first kappa shape index (κ1) is 15.4. The van der Waals surface area contributed by atoms with Crippen molar-refractivity contribution in [1.29, 1.82) is 0 Å². The van der Waals surface area contributed by atoms with Crippen LogP contribution in [-0.2, 0) is 24.3 Å². The smallest absolute Gasteiger partial charge is 0.225 e. The number of aromatic nitrogens is 2. The van der Waals surface area contributed by atoms with Crippen molar-refractivity contribution in [2.75, 3.05) is 14.2 Å². The van der Waals surface area contributed by atoms with Crippen molar-refractivity contribution in [2.45, 2.75) is 25.9 Å². The summed E-state index contributed by atoms with van der Waals surface area (Å²) in [6, 6.07) is 5.66. The number of carbonyl (C=O) groups excluding carboxylic acids is 1. The molecule has 1 aliphatic rings. The van der Waals surface area contributed by atoms with E-state index >= 15 is 0 Å². The molecule has 1 aromatic carbocycles. The van der Waals surface area contributed by atoms with E-state index in [0.717, 1.165) is 24.2 Å². The Morgan fingerprint density at radius 1 is 1.39 bits per heavy atom. The van der Waals surface area contributed by atoms with E-state index in [1.807, 2.05) is 24.4 Å². The van der Waals surface area contributed by atoms with E-state index in [9.17, 15) is 4.79 Å². The lowest BCUT2D eigenvalue weighted by atomic mass is 9.98. The zero-order chi connectivity index (χ0) is 16.2. The Morgan fingerprint density at radius 2 is 2.26 bits per heavy atom. The Kier molecular flexibility index (Phi) is 4.50. The maximum atomic E-state index is 12.4. The number of para-hydroxylation sites is 1. The fourth-order valence-corrected chi connectivity index (χ4v) is 3.00. The molecule has 2 aromatic rings. The van der Waals surface area contributed by atoms with Gasteiger partial charge in [-0.25, -0.2) is 4.98 Å². The van der Waals surface area contributed by atoms with Gasteiger partial charge in [-0.2, -0.15) is 0 Å². The van der Waals surface area contributed by atoms with E-state index in [1.165, 1.54) is 0 Å². The summed E-state index contributed by atoms with van der Waals surface area (Å²) in [5.74, 6) is 2.43. The molecular weight excluding hydrogens is 294 g/mol. The highest BCUT2D eigenvalue weighted by Crippen LogP contribution is 2.30. The summed E-state index contributed by atoms with van der Waals surface area (Å²) in [5, 5.41) is 3.01. The Labute approximate surface area is 135 Å². The highest BCUT2D eigenvalue weighted by molar-refractivity contribution is 5.78. The fraction of sp³-hybridized carbons (Fsp3) is 0.412. The first-order chi connectivity index (χ1) is 11.2. The monoisotopic (exact) mass is 315 g/mol. The lowest BCUT2D eigenvalue weighted by Crippen LogP contribution is -2.35. The van der Waals surface area contributed by atoms with Crippen molar-refractivity contribution < 1.29 is 14.3 Å². The molecule has 122 valence electrons. The molecule has 1 aromatic heterocycles. The van der Waals surface area contributed by atoms with Gasteiger partial charge in [-0.3, -0.25) is 4.79 Å². The molecule has 1 atom stereocenters. The zero-order valence-electron chi connectivity index (χ0n) is 13.4. The molecule has 0 fully saturated rings. The normalized spacial score (nSPS) is 16.5. The highest BCUT2D eigenvalue weighted by Gasteiger charge is 2.25. The number of amides is 1. The van der Waals surface area contributed by atoms with Crippen LogP contribution >= 0.6 is 0 Å². The SMILES string of the molecule is COc1cccc(CNC(=O)[C@@H]2CCc3nccn3C2)c1OC. The van der Waals surface area contributed by atoms with Gasteiger partial charge >= 0.3 is 0 Å². The molecule has 1 amide bonds. The molecule has 1 aliphatic heterocycles. The maximum Gasteiger partial charge on any atom is 0.225 e. The van der Waals surface area contributed by atoms with Gasteiger partial charge < -0.3 is 19.4 Å². The Bertz CT molecular complexity index is 696. The predicted molar refractivity (Wildman–Crippen MR) is 85.4 cm³/mol. The largest absolute Gasteiger partial charge is 0.493 e. The molecule has 0 saturated heterocycles. The predicted octanol–water partition coefficient (Wildman–Crippen LogP) is 1.78. The number of imidazole rings is 1. The van der Waals surface area contributed by atoms with Gasteiger partial charge in [0.1, 0.15) is 5.82 Å². The second-order valence-electron chi connectivity index (χ2n) is 5.60. The summed E-state index contributed by atoms with van der Waals surface area (Å²) in [5.41, 5.74) is 0.902. The summed E-state index contributed by atoms with van der Waals surface area (Å²) in [4.78, 5) is 16.7.